The largest absolute Gasteiger partial charge is 0.481 e. The molecule has 2 aromatic carbocycles. The summed E-state index contributed by atoms with van der Waals surface area (Å²) < 4.78 is 21.0. The molecule has 3 rings (SSSR count). The molecule has 35 heavy (non-hydrogen) atoms. The van der Waals surface area contributed by atoms with Crippen LogP contribution in [0.2, 0.25) is 0 Å². The van der Waals surface area contributed by atoms with Crippen molar-refractivity contribution < 1.29 is 28.9 Å². The van der Waals surface area contributed by atoms with Crippen molar-refractivity contribution in [3.8, 4) is 11.3 Å². The quantitative estimate of drug-likeness (QED) is 0.322. The first kappa shape index (κ1) is 26.1. The van der Waals surface area contributed by atoms with Crippen LogP contribution in [0.15, 0.2) is 54.6 Å². The average Bonchev–Trinajstić information content (AvgIpc) is 3.23. The first-order valence-corrected chi connectivity index (χ1v) is 11.5. The number of carboxylic acid groups (broad SMARTS) is 1. The Kier molecular flexibility index (Phi) is 9.51. The van der Waals surface area contributed by atoms with Gasteiger partial charge in [0.25, 0.3) is 5.91 Å². The van der Waals surface area contributed by atoms with Gasteiger partial charge in [-0.3, -0.25) is 9.59 Å². The van der Waals surface area contributed by atoms with Crippen LogP contribution >= 0.6 is 0 Å². The van der Waals surface area contributed by atoms with E-state index in [9.17, 15) is 19.1 Å². The van der Waals surface area contributed by atoms with E-state index < -0.39 is 11.9 Å². The number of aliphatic hydroxyl groups is 1. The van der Waals surface area contributed by atoms with Crippen molar-refractivity contribution in [2.45, 2.75) is 32.9 Å². The summed E-state index contributed by atoms with van der Waals surface area (Å²) in [4.78, 5) is 28.6. The highest BCUT2D eigenvalue weighted by Gasteiger charge is 2.22. The topological polar surface area (TPSA) is 114 Å². The number of amides is 1. The molecule has 3 aromatic rings. The molecule has 0 saturated carbocycles. The van der Waals surface area contributed by atoms with E-state index in [1.54, 1.807) is 12.1 Å². The number of benzene rings is 2. The van der Waals surface area contributed by atoms with Crippen LogP contribution in [0.1, 0.15) is 35.2 Å². The Labute approximate surface area is 203 Å². The van der Waals surface area contributed by atoms with Crippen LogP contribution in [-0.4, -0.2) is 51.5 Å². The van der Waals surface area contributed by atoms with E-state index in [1.807, 2.05) is 41.8 Å². The highest BCUT2D eigenvalue weighted by atomic mass is 19.1. The zero-order valence-corrected chi connectivity index (χ0v) is 19.6. The third kappa shape index (κ3) is 7.21. The van der Waals surface area contributed by atoms with Gasteiger partial charge in [0.05, 0.1) is 25.3 Å². The molecule has 0 radical (unpaired) electrons. The summed E-state index contributed by atoms with van der Waals surface area (Å²) in [5.41, 5.74) is 2.94. The minimum Gasteiger partial charge on any atom is -0.481 e. The molecule has 3 N–H and O–H groups in total. The van der Waals surface area contributed by atoms with E-state index in [4.69, 9.17) is 9.84 Å². The Morgan fingerprint density at radius 1 is 1.14 bits per heavy atom. The first-order chi connectivity index (χ1) is 16.9. The number of hydrogen-bond donors (Lipinski definition) is 3. The van der Waals surface area contributed by atoms with E-state index in [2.05, 4.69) is 10.3 Å². The Morgan fingerprint density at radius 2 is 1.86 bits per heavy atom. The lowest BCUT2D eigenvalue weighted by Crippen LogP contribution is -2.26. The molecule has 1 unspecified atom stereocenters. The molecule has 0 spiro atoms. The standard InChI is InChI=1S/C26H30FN3O5/c1-2-30-22(12-13-35-17-19(16-31)14-23(32)33)24(20-8-10-21(27)11-9-20)29-25(30)26(34)28-15-18-6-4-3-5-7-18/h3-11,19,31H,2,12-17H2,1H3,(H,28,34)(H,32,33). The van der Waals surface area contributed by atoms with Gasteiger partial charge < -0.3 is 24.8 Å². The minimum atomic E-state index is -0.999. The van der Waals surface area contributed by atoms with Crippen LogP contribution in [0.4, 0.5) is 4.39 Å². The summed E-state index contributed by atoms with van der Waals surface area (Å²) in [5.74, 6) is -1.95. The van der Waals surface area contributed by atoms with Gasteiger partial charge in [0.1, 0.15) is 5.82 Å². The lowest BCUT2D eigenvalue weighted by atomic mass is 10.1. The maximum absolute atomic E-state index is 13.5. The molecule has 1 amide bonds. The second-order valence-corrected chi connectivity index (χ2v) is 8.12. The molecule has 1 aromatic heterocycles. The van der Waals surface area contributed by atoms with Gasteiger partial charge in [-0.1, -0.05) is 30.3 Å². The minimum absolute atomic E-state index is 0.0966. The van der Waals surface area contributed by atoms with Crippen molar-refractivity contribution in [2.75, 3.05) is 19.8 Å². The van der Waals surface area contributed by atoms with Gasteiger partial charge in [0, 0.05) is 43.3 Å². The van der Waals surface area contributed by atoms with Gasteiger partial charge in [-0.15, -0.1) is 0 Å². The van der Waals surface area contributed by atoms with E-state index in [0.717, 1.165) is 11.3 Å². The second kappa shape index (κ2) is 12.8. The number of imidazole rings is 1. The van der Waals surface area contributed by atoms with Crippen LogP contribution in [0, 0.1) is 11.7 Å². The van der Waals surface area contributed by atoms with Crippen molar-refractivity contribution in [1.29, 1.82) is 0 Å². The van der Waals surface area contributed by atoms with Crippen molar-refractivity contribution in [2.24, 2.45) is 5.92 Å². The van der Waals surface area contributed by atoms with Gasteiger partial charge in [0.2, 0.25) is 0 Å². The first-order valence-electron chi connectivity index (χ1n) is 11.5. The molecule has 9 heteroatoms. The Bertz CT molecular complexity index is 1120. The molecule has 8 nitrogen and oxygen atoms in total. The third-order valence-corrected chi connectivity index (χ3v) is 5.56. The number of carbonyl (C=O) groups excluding carboxylic acids is 1. The van der Waals surface area contributed by atoms with E-state index in [1.165, 1.54) is 12.1 Å². The van der Waals surface area contributed by atoms with Gasteiger partial charge >= 0.3 is 5.97 Å². The molecule has 0 aliphatic heterocycles. The monoisotopic (exact) mass is 483 g/mol. The van der Waals surface area contributed by atoms with E-state index in [0.29, 0.717) is 30.8 Å². The molecule has 0 bridgehead atoms. The summed E-state index contributed by atoms with van der Waals surface area (Å²) in [6, 6.07) is 15.5. The van der Waals surface area contributed by atoms with Crippen molar-refractivity contribution in [3.63, 3.8) is 0 Å². The Hall–Kier alpha value is -3.56. The molecule has 0 aliphatic carbocycles. The van der Waals surface area contributed by atoms with Gasteiger partial charge in [-0.05, 0) is 36.8 Å². The molecule has 1 atom stereocenters. The summed E-state index contributed by atoms with van der Waals surface area (Å²) in [7, 11) is 0. The number of nitrogens with zero attached hydrogens (tertiary/aromatic N) is 2. The number of carboxylic acids is 1. The number of rotatable bonds is 13. The number of nitrogens with one attached hydrogen (secondary N) is 1. The molecule has 0 aliphatic rings. The highest BCUT2D eigenvalue weighted by molar-refractivity contribution is 5.92. The lowest BCUT2D eigenvalue weighted by Gasteiger charge is -2.14. The van der Waals surface area contributed by atoms with Crippen molar-refractivity contribution in [1.82, 2.24) is 14.9 Å². The molecule has 1 heterocycles. The average molecular weight is 484 g/mol. The summed E-state index contributed by atoms with van der Waals surface area (Å²) in [6.07, 6.45) is 0.209. The lowest BCUT2D eigenvalue weighted by molar-refractivity contribution is -0.139. The number of hydrogen-bond acceptors (Lipinski definition) is 5. The fourth-order valence-electron chi connectivity index (χ4n) is 3.79. The Balaban J connectivity index is 1.81. The van der Waals surface area contributed by atoms with Crippen molar-refractivity contribution >= 4 is 11.9 Å². The van der Waals surface area contributed by atoms with Gasteiger partial charge in [-0.2, -0.15) is 0 Å². The fraction of sp³-hybridized carbons (Fsp3) is 0.346. The van der Waals surface area contributed by atoms with E-state index in [-0.39, 0.29) is 43.8 Å². The normalized spacial score (nSPS) is 11.9. The summed E-state index contributed by atoms with van der Waals surface area (Å²) in [6.45, 7) is 2.79. The zero-order chi connectivity index (χ0) is 25.2. The fourth-order valence-corrected chi connectivity index (χ4v) is 3.79. The summed E-state index contributed by atoms with van der Waals surface area (Å²) in [5, 5.41) is 21.2. The van der Waals surface area contributed by atoms with E-state index >= 15 is 0 Å². The number of aromatic nitrogens is 2. The summed E-state index contributed by atoms with van der Waals surface area (Å²) >= 11 is 0. The van der Waals surface area contributed by atoms with Crippen LogP contribution in [0.3, 0.4) is 0 Å². The molecular weight excluding hydrogens is 453 g/mol. The highest BCUT2D eigenvalue weighted by Crippen LogP contribution is 2.26. The number of ether oxygens (including phenoxy) is 1. The second-order valence-electron chi connectivity index (χ2n) is 8.12. The number of carbonyl (C=O) groups is 2. The number of halogens is 1. The smallest absolute Gasteiger partial charge is 0.303 e. The van der Waals surface area contributed by atoms with Gasteiger partial charge in [-0.25, -0.2) is 9.37 Å². The van der Waals surface area contributed by atoms with Crippen molar-refractivity contribution in [3.05, 3.63) is 77.5 Å². The molecule has 0 fully saturated rings. The Morgan fingerprint density at radius 3 is 2.49 bits per heavy atom. The SMILES string of the molecule is CCn1c(C(=O)NCc2ccccc2)nc(-c2ccc(F)cc2)c1CCOCC(CO)CC(=O)O. The molecule has 186 valence electrons. The van der Waals surface area contributed by atoms with Crippen LogP contribution in [0.5, 0.6) is 0 Å². The van der Waals surface area contributed by atoms with Crippen LogP contribution < -0.4 is 5.32 Å². The van der Waals surface area contributed by atoms with Crippen LogP contribution in [-0.2, 0) is 29.0 Å². The maximum atomic E-state index is 13.5. The number of aliphatic hydroxyl groups excluding tert-OH is 1. The van der Waals surface area contributed by atoms with Crippen LogP contribution in [0.25, 0.3) is 11.3 Å². The predicted molar refractivity (Wildman–Crippen MR) is 128 cm³/mol. The maximum Gasteiger partial charge on any atom is 0.303 e. The molecular formula is C26H30FN3O5. The molecule has 0 saturated heterocycles. The number of aliphatic carboxylic acids is 1. The third-order valence-electron chi connectivity index (χ3n) is 5.56. The zero-order valence-electron chi connectivity index (χ0n) is 19.6. The van der Waals surface area contributed by atoms with Gasteiger partial charge in [0.15, 0.2) is 5.82 Å². The predicted octanol–water partition coefficient (Wildman–Crippen LogP) is 3.28.